The molecule has 0 unspecified atom stereocenters. The fraction of sp³-hybridized carbons (Fsp3) is 0.235. The van der Waals surface area contributed by atoms with E-state index in [4.69, 9.17) is 33.0 Å². The van der Waals surface area contributed by atoms with Gasteiger partial charge in [-0.25, -0.2) is 4.98 Å². The van der Waals surface area contributed by atoms with Crippen LogP contribution in [0.3, 0.4) is 0 Å². The molecule has 1 aromatic heterocycles. The highest BCUT2D eigenvalue weighted by molar-refractivity contribution is 6.35. The third-order valence-corrected chi connectivity index (χ3v) is 4.05. The third-order valence-electron chi connectivity index (χ3n) is 3.52. The normalized spacial score (nSPS) is 11.0. The van der Waals surface area contributed by atoms with Crippen LogP contribution in [0.2, 0.25) is 10.0 Å². The Morgan fingerprint density at radius 3 is 2.79 bits per heavy atom. The summed E-state index contributed by atoms with van der Waals surface area (Å²) in [5, 5.41) is 13.2. The average Bonchev–Trinajstić information content (AvgIpc) is 2.93. The number of para-hydroxylation sites is 2. The molecule has 0 saturated heterocycles. The molecule has 0 spiro atoms. The van der Waals surface area contributed by atoms with Crippen LogP contribution in [-0.2, 0) is 6.54 Å². The predicted octanol–water partition coefficient (Wildman–Crippen LogP) is 3.83. The molecule has 0 radical (unpaired) electrons. The van der Waals surface area contributed by atoms with E-state index in [-0.39, 0.29) is 6.61 Å². The number of benzene rings is 2. The fourth-order valence-corrected chi connectivity index (χ4v) is 2.91. The number of ether oxygens (including phenoxy) is 1. The highest BCUT2D eigenvalue weighted by atomic mass is 35.5. The maximum Gasteiger partial charge on any atom is 0.204 e. The summed E-state index contributed by atoms with van der Waals surface area (Å²) in [5.74, 6) is 1.30. The molecule has 2 N–H and O–H groups in total. The Bertz CT molecular complexity index is 836. The lowest BCUT2D eigenvalue weighted by atomic mass is 10.3. The van der Waals surface area contributed by atoms with Crippen LogP contribution >= 0.6 is 23.2 Å². The number of fused-ring (bicyclic) bond motifs is 1. The van der Waals surface area contributed by atoms with Crippen LogP contribution in [0.1, 0.15) is 0 Å². The number of aromatic nitrogens is 2. The van der Waals surface area contributed by atoms with Crippen molar-refractivity contribution in [3.8, 4) is 5.75 Å². The lowest BCUT2D eigenvalue weighted by Gasteiger charge is -2.12. The second kappa shape index (κ2) is 7.75. The minimum atomic E-state index is 0.0418. The minimum absolute atomic E-state index is 0.0418. The molecular formula is C17H17Cl2N3O2. The van der Waals surface area contributed by atoms with Crippen molar-refractivity contribution in [2.75, 3.05) is 25.1 Å². The van der Waals surface area contributed by atoms with Crippen LogP contribution in [0.25, 0.3) is 11.0 Å². The van der Waals surface area contributed by atoms with E-state index >= 15 is 0 Å². The first-order valence-corrected chi connectivity index (χ1v) is 8.32. The van der Waals surface area contributed by atoms with E-state index in [9.17, 15) is 0 Å². The summed E-state index contributed by atoms with van der Waals surface area (Å²) in [6, 6.07) is 13.0. The van der Waals surface area contributed by atoms with Crippen LogP contribution in [0, 0.1) is 0 Å². The number of aliphatic hydroxyl groups excluding tert-OH is 1. The molecule has 2 aromatic carbocycles. The first-order valence-electron chi connectivity index (χ1n) is 7.57. The number of nitrogens with one attached hydrogen (secondary N) is 1. The van der Waals surface area contributed by atoms with Crippen LogP contribution in [0.4, 0.5) is 5.95 Å². The second-order valence-corrected chi connectivity index (χ2v) is 5.99. The van der Waals surface area contributed by atoms with Crippen LogP contribution in [0.5, 0.6) is 5.75 Å². The molecule has 3 rings (SSSR count). The predicted molar refractivity (Wildman–Crippen MR) is 97.3 cm³/mol. The van der Waals surface area contributed by atoms with Gasteiger partial charge < -0.3 is 19.7 Å². The van der Waals surface area contributed by atoms with Crippen LogP contribution < -0.4 is 10.1 Å². The Balaban J connectivity index is 1.76. The maximum absolute atomic E-state index is 9.02. The molecule has 0 bridgehead atoms. The molecule has 0 aliphatic carbocycles. The molecule has 0 fully saturated rings. The van der Waals surface area contributed by atoms with Gasteiger partial charge in [0.25, 0.3) is 0 Å². The monoisotopic (exact) mass is 365 g/mol. The molecule has 0 atom stereocenters. The van der Waals surface area contributed by atoms with Crippen LogP contribution in [0.15, 0.2) is 42.5 Å². The molecule has 7 heteroatoms. The largest absolute Gasteiger partial charge is 0.490 e. The summed E-state index contributed by atoms with van der Waals surface area (Å²) < 4.78 is 7.78. The summed E-state index contributed by atoms with van der Waals surface area (Å²) in [6.45, 7) is 1.50. The Morgan fingerprint density at radius 1 is 1.17 bits per heavy atom. The van der Waals surface area contributed by atoms with Crippen molar-refractivity contribution in [2.24, 2.45) is 0 Å². The SMILES string of the molecule is OCCNc1nc2ccccc2n1CCOc1ccc(Cl)cc1Cl. The highest BCUT2D eigenvalue weighted by Crippen LogP contribution is 2.27. The van der Waals surface area contributed by atoms with Crippen molar-refractivity contribution >= 4 is 40.2 Å². The summed E-state index contributed by atoms with van der Waals surface area (Å²) in [4.78, 5) is 4.55. The number of imidazole rings is 1. The van der Waals surface area contributed by atoms with Gasteiger partial charge in [-0.1, -0.05) is 35.3 Å². The number of halogens is 2. The average molecular weight is 366 g/mol. The molecule has 0 aliphatic heterocycles. The molecule has 24 heavy (non-hydrogen) atoms. The smallest absolute Gasteiger partial charge is 0.204 e. The van der Waals surface area contributed by atoms with Crippen molar-refractivity contribution in [3.63, 3.8) is 0 Å². The quantitative estimate of drug-likeness (QED) is 0.667. The van der Waals surface area contributed by atoms with Gasteiger partial charge in [-0.2, -0.15) is 0 Å². The number of hydrogen-bond acceptors (Lipinski definition) is 4. The Morgan fingerprint density at radius 2 is 2.00 bits per heavy atom. The van der Waals surface area contributed by atoms with Gasteiger partial charge in [-0.15, -0.1) is 0 Å². The molecule has 126 valence electrons. The molecule has 5 nitrogen and oxygen atoms in total. The number of aliphatic hydroxyl groups is 1. The number of hydrogen-bond donors (Lipinski definition) is 2. The van der Waals surface area contributed by atoms with Gasteiger partial charge in [0.15, 0.2) is 0 Å². The van der Waals surface area contributed by atoms with E-state index in [2.05, 4.69) is 10.3 Å². The summed E-state index contributed by atoms with van der Waals surface area (Å²) in [7, 11) is 0. The Hall–Kier alpha value is -1.95. The van der Waals surface area contributed by atoms with Crippen molar-refractivity contribution in [1.82, 2.24) is 9.55 Å². The van der Waals surface area contributed by atoms with E-state index in [0.29, 0.717) is 41.4 Å². The van der Waals surface area contributed by atoms with Crippen molar-refractivity contribution in [1.29, 1.82) is 0 Å². The highest BCUT2D eigenvalue weighted by Gasteiger charge is 2.10. The van der Waals surface area contributed by atoms with Crippen LogP contribution in [-0.4, -0.2) is 34.4 Å². The van der Waals surface area contributed by atoms with Gasteiger partial charge in [-0.05, 0) is 30.3 Å². The van der Waals surface area contributed by atoms with Crippen molar-refractivity contribution in [2.45, 2.75) is 6.54 Å². The molecule has 0 amide bonds. The first-order chi connectivity index (χ1) is 11.7. The third kappa shape index (κ3) is 3.75. The second-order valence-electron chi connectivity index (χ2n) is 5.15. The van der Waals surface area contributed by atoms with Gasteiger partial charge in [0, 0.05) is 11.6 Å². The van der Waals surface area contributed by atoms with E-state index in [1.807, 2.05) is 28.8 Å². The van der Waals surface area contributed by atoms with E-state index < -0.39 is 0 Å². The number of anilines is 1. The van der Waals surface area contributed by atoms with Crippen molar-refractivity contribution < 1.29 is 9.84 Å². The van der Waals surface area contributed by atoms with Gasteiger partial charge in [0.1, 0.15) is 12.4 Å². The lowest BCUT2D eigenvalue weighted by Crippen LogP contribution is -2.14. The first kappa shape index (κ1) is 16.9. The Kier molecular flexibility index (Phi) is 5.45. The van der Waals surface area contributed by atoms with E-state index in [1.165, 1.54) is 0 Å². The summed E-state index contributed by atoms with van der Waals surface area (Å²) in [6.07, 6.45) is 0. The maximum atomic E-state index is 9.02. The molecule has 1 heterocycles. The zero-order chi connectivity index (χ0) is 16.9. The standard InChI is InChI=1S/C17H17Cl2N3O2/c18-12-5-6-16(13(19)11-12)24-10-8-22-15-4-2-1-3-14(15)21-17(22)20-7-9-23/h1-6,11,23H,7-10H2,(H,20,21). The summed E-state index contributed by atoms with van der Waals surface area (Å²) in [5.41, 5.74) is 1.89. The molecule has 0 aliphatic rings. The van der Waals surface area contributed by atoms with Gasteiger partial charge >= 0.3 is 0 Å². The molecular weight excluding hydrogens is 349 g/mol. The topological polar surface area (TPSA) is 59.3 Å². The van der Waals surface area contributed by atoms with Gasteiger partial charge in [0.05, 0.1) is 29.2 Å². The minimum Gasteiger partial charge on any atom is -0.490 e. The lowest BCUT2D eigenvalue weighted by molar-refractivity contribution is 0.300. The zero-order valence-corrected chi connectivity index (χ0v) is 14.4. The summed E-state index contributed by atoms with van der Waals surface area (Å²) >= 11 is 12.0. The molecule has 0 saturated carbocycles. The molecule has 3 aromatic rings. The number of rotatable bonds is 7. The number of nitrogens with zero attached hydrogens (tertiary/aromatic N) is 2. The van der Waals surface area contributed by atoms with Gasteiger partial charge in [-0.3, -0.25) is 0 Å². The zero-order valence-electron chi connectivity index (χ0n) is 12.9. The van der Waals surface area contributed by atoms with Crippen molar-refractivity contribution in [3.05, 3.63) is 52.5 Å². The fourth-order valence-electron chi connectivity index (χ4n) is 2.44. The van der Waals surface area contributed by atoms with Gasteiger partial charge in [0.2, 0.25) is 5.95 Å². The van der Waals surface area contributed by atoms with E-state index in [1.54, 1.807) is 18.2 Å². The Labute approximate surface area is 149 Å². The van der Waals surface area contributed by atoms with E-state index in [0.717, 1.165) is 11.0 Å².